The molecule has 2 N–H and O–H groups in total. The SMILES string of the molecule is O=C(O)CCCCC/C=C/CCCCCCCCO. The highest BCUT2D eigenvalue weighted by Crippen LogP contribution is 2.08. The van der Waals surface area contributed by atoms with Crippen LogP contribution in [-0.4, -0.2) is 22.8 Å². The van der Waals surface area contributed by atoms with Gasteiger partial charge in [0.25, 0.3) is 0 Å². The lowest BCUT2D eigenvalue weighted by Crippen LogP contribution is -1.93. The van der Waals surface area contributed by atoms with E-state index < -0.39 is 5.97 Å². The third-order valence-corrected chi connectivity index (χ3v) is 3.21. The number of aliphatic carboxylic acids is 1. The van der Waals surface area contributed by atoms with Crippen molar-refractivity contribution in [2.24, 2.45) is 0 Å². The molecule has 0 aliphatic carbocycles. The highest BCUT2D eigenvalue weighted by atomic mass is 16.4. The maximum absolute atomic E-state index is 10.3. The largest absolute Gasteiger partial charge is 0.481 e. The van der Waals surface area contributed by atoms with Gasteiger partial charge in [0.2, 0.25) is 0 Å². The van der Waals surface area contributed by atoms with Crippen LogP contribution >= 0.6 is 0 Å². The van der Waals surface area contributed by atoms with Crippen molar-refractivity contribution in [1.82, 2.24) is 0 Å². The van der Waals surface area contributed by atoms with Crippen molar-refractivity contribution in [1.29, 1.82) is 0 Å². The second kappa shape index (κ2) is 15.2. The molecule has 0 radical (unpaired) electrons. The van der Waals surface area contributed by atoms with Gasteiger partial charge in [-0.25, -0.2) is 0 Å². The average molecular weight is 270 g/mol. The predicted molar refractivity (Wildman–Crippen MR) is 79.3 cm³/mol. The first-order chi connectivity index (χ1) is 9.27. The molecule has 0 atom stereocenters. The lowest BCUT2D eigenvalue weighted by Gasteiger charge is -1.99. The van der Waals surface area contributed by atoms with Crippen LogP contribution in [0, 0.1) is 0 Å². The number of rotatable bonds is 14. The minimum absolute atomic E-state index is 0.306. The molecule has 112 valence electrons. The zero-order valence-electron chi connectivity index (χ0n) is 12.1. The molecule has 0 aromatic carbocycles. The molecule has 0 fully saturated rings. The standard InChI is InChI=1S/C16H30O3/c17-15-13-11-9-7-5-3-1-2-4-6-8-10-12-14-16(18)19/h2,4,17H,1,3,5-15H2,(H,18,19)/b4-2+. The summed E-state index contributed by atoms with van der Waals surface area (Å²) in [5, 5.41) is 17.1. The van der Waals surface area contributed by atoms with Gasteiger partial charge in [-0.3, -0.25) is 4.79 Å². The third kappa shape index (κ3) is 17.2. The molecule has 3 heteroatoms. The van der Waals surface area contributed by atoms with Gasteiger partial charge < -0.3 is 10.2 Å². The summed E-state index contributed by atoms with van der Waals surface area (Å²) in [6.45, 7) is 0.329. The molecule has 0 saturated heterocycles. The number of allylic oxidation sites excluding steroid dienone is 2. The summed E-state index contributed by atoms with van der Waals surface area (Å²) in [6, 6.07) is 0. The monoisotopic (exact) mass is 270 g/mol. The van der Waals surface area contributed by atoms with Crippen LogP contribution in [0.5, 0.6) is 0 Å². The topological polar surface area (TPSA) is 57.5 Å². The van der Waals surface area contributed by atoms with E-state index in [9.17, 15) is 4.79 Å². The van der Waals surface area contributed by atoms with Crippen molar-refractivity contribution in [3.63, 3.8) is 0 Å². The summed E-state index contributed by atoms with van der Waals surface area (Å²) in [6.07, 6.45) is 17.1. The van der Waals surface area contributed by atoms with Crippen molar-refractivity contribution in [3.8, 4) is 0 Å². The van der Waals surface area contributed by atoms with E-state index in [1.807, 2.05) is 0 Å². The van der Waals surface area contributed by atoms with Crippen molar-refractivity contribution < 1.29 is 15.0 Å². The molecule has 3 nitrogen and oxygen atoms in total. The molecular weight excluding hydrogens is 240 g/mol. The summed E-state index contributed by atoms with van der Waals surface area (Å²) >= 11 is 0. The predicted octanol–water partition coefficient (Wildman–Crippen LogP) is 4.30. The first-order valence-corrected chi connectivity index (χ1v) is 7.75. The summed E-state index contributed by atoms with van der Waals surface area (Å²) in [7, 11) is 0. The molecule has 0 aliphatic heterocycles. The fourth-order valence-corrected chi connectivity index (χ4v) is 2.03. The fourth-order valence-electron chi connectivity index (χ4n) is 2.03. The molecule has 0 aromatic heterocycles. The van der Waals surface area contributed by atoms with Gasteiger partial charge in [-0.05, 0) is 38.5 Å². The molecule has 0 aromatic rings. The first kappa shape index (κ1) is 18.2. The number of aliphatic hydroxyl groups is 1. The van der Waals surface area contributed by atoms with Crippen molar-refractivity contribution in [3.05, 3.63) is 12.2 Å². The Morgan fingerprint density at radius 2 is 1.21 bits per heavy atom. The lowest BCUT2D eigenvalue weighted by atomic mass is 10.1. The number of carbonyl (C=O) groups is 1. The van der Waals surface area contributed by atoms with E-state index in [1.54, 1.807) is 0 Å². The Labute approximate surface area is 117 Å². The second-order valence-electron chi connectivity index (χ2n) is 5.10. The molecule has 0 unspecified atom stereocenters. The molecule has 0 spiro atoms. The van der Waals surface area contributed by atoms with E-state index in [0.717, 1.165) is 44.9 Å². The number of hydrogen-bond acceptors (Lipinski definition) is 2. The molecule has 0 rings (SSSR count). The van der Waals surface area contributed by atoms with E-state index in [-0.39, 0.29) is 0 Å². The molecule has 19 heavy (non-hydrogen) atoms. The van der Waals surface area contributed by atoms with Crippen LogP contribution in [0.1, 0.15) is 77.0 Å². The number of carboxylic acids is 1. The fraction of sp³-hybridized carbons (Fsp3) is 0.812. The molecule has 0 saturated carbocycles. The molecule has 0 amide bonds. The normalized spacial score (nSPS) is 11.2. The highest BCUT2D eigenvalue weighted by Gasteiger charge is 1.95. The van der Waals surface area contributed by atoms with Crippen molar-refractivity contribution >= 4 is 5.97 Å². The van der Waals surface area contributed by atoms with Crippen LogP contribution in [0.25, 0.3) is 0 Å². The Balaban J connectivity index is 3.07. The van der Waals surface area contributed by atoms with E-state index in [2.05, 4.69) is 12.2 Å². The average Bonchev–Trinajstić information content (AvgIpc) is 2.39. The van der Waals surface area contributed by atoms with Crippen LogP contribution in [0.15, 0.2) is 12.2 Å². The summed E-state index contributed by atoms with van der Waals surface area (Å²) in [4.78, 5) is 10.3. The first-order valence-electron chi connectivity index (χ1n) is 7.75. The Hall–Kier alpha value is -0.830. The van der Waals surface area contributed by atoms with Gasteiger partial charge in [0, 0.05) is 13.0 Å². The van der Waals surface area contributed by atoms with Crippen LogP contribution in [0.4, 0.5) is 0 Å². The third-order valence-electron chi connectivity index (χ3n) is 3.21. The number of unbranched alkanes of at least 4 members (excludes halogenated alkanes) is 9. The number of hydrogen-bond donors (Lipinski definition) is 2. The summed E-state index contributed by atoms with van der Waals surface area (Å²) in [5.74, 6) is -0.686. The summed E-state index contributed by atoms with van der Waals surface area (Å²) in [5.41, 5.74) is 0. The zero-order chi connectivity index (χ0) is 14.2. The quantitative estimate of drug-likeness (QED) is 0.365. The lowest BCUT2D eigenvalue weighted by molar-refractivity contribution is -0.137. The Morgan fingerprint density at radius 3 is 1.74 bits per heavy atom. The Morgan fingerprint density at radius 1 is 0.737 bits per heavy atom. The summed E-state index contributed by atoms with van der Waals surface area (Å²) < 4.78 is 0. The van der Waals surface area contributed by atoms with Gasteiger partial charge in [-0.1, -0.05) is 44.3 Å². The minimum atomic E-state index is -0.686. The Bertz CT molecular complexity index is 224. The molecule has 0 bridgehead atoms. The van der Waals surface area contributed by atoms with Gasteiger partial charge in [-0.2, -0.15) is 0 Å². The zero-order valence-corrected chi connectivity index (χ0v) is 12.1. The maximum Gasteiger partial charge on any atom is 0.303 e. The smallest absolute Gasteiger partial charge is 0.303 e. The Kier molecular flexibility index (Phi) is 14.6. The van der Waals surface area contributed by atoms with Crippen LogP contribution < -0.4 is 0 Å². The maximum atomic E-state index is 10.3. The van der Waals surface area contributed by atoms with Crippen LogP contribution in [0.3, 0.4) is 0 Å². The van der Waals surface area contributed by atoms with E-state index in [1.165, 1.54) is 25.7 Å². The van der Waals surface area contributed by atoms with Gasteiger partial charge in [0.1, 0.15) is 0 Å². The highest BCUT2D eigenvalue weighted by molar-refractivity contribution is 5.66. The van der Waals surface area contributed by atoms with Crippen LogP contribution in [0.2, 0.25) is 0 Å². The van der Waals surface area contributed by atoms with Gasteiger partial charge in [0.15, 0.2) is 0 Å². The van der Waals surface area contributed by atoms with Gasteiger partial charge in [-0.15, -0.1) is 0 Å². The van der Waals surface area contributed by atoms with Gasteiger partial charge in [0.05, 0.1) is 0 Å². The van der Waals surface area contributed by atoms with Crippen molar-refractivity contribution in [2.75, 3.05) is 6.61 Å². The van der Waals surface area contributed by atoms with Gasteiger partial charge >= 0.3 is 5.97 Å². The number of aliphatic hydroxyl groups excluding tert-OH is 1. The number of carboxylic acid groups (broad SMARTS) is 1. The van der Waals surface area contributed by atoms with E-state index >= 15 is 0 Å². The second-order valence-corrected chi connectivity index (χ2v) is 5.10. The molecular formula is C16H30O3. The van der Waals surface area contributed by atoms with E-state index in [4.69, 9.17) is 10.2 Å². The van der Waals surface area contributed by atoms with E-state index in [0.29, 0.717) is 13.0 Å². The minimum Gasteiger partial charge on any atom is -0.481 e. The van der Waals surface area contributed by atoms with Crippen LogP contribution in [-0.2, 0) is 4.79 Å². The molecule has 0 heterocycles. The molecule has 0 aliphatic rings. The van der Waals surface area contributed by atoms with Crippen molar-refractivity contribution in [2.45, 2.75) is 77.0 Å².